The first kappa shape index (κ1) is 26.4. The first-order valence-electron chi connectivity index (χ1n) is 8.55. The molecule has 0 aliphatic heterocycles. The van der Waals surface area contributed by atoms with E-state index in [1.54, 1.807) is 0 Å². The minimum atomic E-state index is -2.05. The molecule has 0 fully saturated rings. The van der Waals surface area contributed by atoms with Gasteiger partial charge in [-0.1, -0.05) is 13.8 Å². The number of aromatic nitrogens is 1. The number of hydrogen-bond donors (Lipinski definition) is 0. The number of aldehydes is 1. The summed E-state index contributed by atoms with van der Waals surface area (Å²) in [6.45, 7) is 5.50. The molecule has 0 spiro atoms. The Labute approximate surface area is 172 Å². The Kier molecular flexibility index (Phi) is 11.2. The Morgan fingerprint density at radius 3 is 1.93 bits per heavy atom. The highest BCUT2D eigenvalue weighted by atomic mass is 16.8. The van der Waals surface area contributed by atoms with Gasteiger partial charge in [0.2, 0.25) is 5.43 Å². The fourth-order valence-electron chi connectivity index (χ4n) is 2.00. The Morgan fingerprint density at radius 1 is 1.00 bits per heavy atom. The van der Waals surface area contributed by atoms with Crippen molar-refractivity contribution in [2.45, 2.75) is 34.2 Å². The van der Waals surface area contributed by atoms with Gasteiger partial charge in [-0.05, 0) is 0 Å². The van der Waals surface area contributed by atoms with Crippen LogP contribution >= 0.6 is 0 Å². The van der Waals surface area contributed by atoms with E-state index in [9.17, 15) is 28.8 Å². The maximum atomic E-state index is 12.5. The molecule has 0 amide bonds. The average molecular weight is 427 g/mol. The third kappa shape index (κ3) is 7.07. The largest absolute Gasteiger partial charge is 0.870 e. The number of methoxy groups -OCH3 is 2. The summed E-state index contributed by atoms with van der Waals surface area (Å²) in [7, 11) is 0.0553. The molecule has 0 unspecified atom stereocenters. The molecule has 0 radical (unpaired) electrons. The summed E-state index contributed by atoms with van der Waals surface area (Å²) in [5.41, 5.74) is -2.16. The standard InChI is InChI=1S/C15H16BNO11.C2H6/c1-8(19)26-16(27-9(2)20)28-14(22)10-7-17(5-6-18)11(15(23)25-4)13(24-3)12(10)21;1-2/h6-7H,5H2,1-4H3;1-2H3. The van der Waals surface area contributed by atoms with Crippen LogP contribution in [0.1, 0.15) is 48.5 Å². The second kappa shape index (κ2) is 12.8. The Balaban J connectivity index is 0.00000407. The molecule has 0 atom stereocenters. The minimum Gasteiger partial charge on any atom is -0.491 e. The summed E-state index contributed by atoms with van der Waals surface area (Å²) < 4.78 is 24.1. The van der Waals surface area contributed by atoms with Crippen molar-refractivity contribution in [2.75, 3.05) is 14.2 Å². The quantitative estimate of drug-likeness (QED) is 0.316. The van der Waals surface area contributed by atoms with Crippen LogP contribution < -0.4 is 10.2 Å². The Hall–Kier alpha value is -3.64. The van der Waals surface area contributed by atoms with Crippen LogP contribution in [-0.4, -0.2) is 56.3 Å². The molecule has 0 saturated heterocycles. The van der Waals surface area contributed by atoms with E-state index in [0.717, 1.165) is 38.8 Å². The third-order valence-electron chi connectivity index (χ3n) is 3.04. The van der Waals surface area contributed by atoms with Crippen LogP contribution in [-0.2, 0) is 39.6 Å². The molecule has 1 aromatic rings. The summed E-state index contributed by atoms with van der Waals surface area (Å²) in [6.07, 6.45) is 1.25. The zero-order valence-corrected chi connectivity index (χ0v) is 17.4. The molecule has 1 rings (SSSR count). The molecular formula is C17H22BNO11. The van der Waals surface area contributed by atoms with Gasteiger partial charge in [-0.15, -0.1) is 0 Å². The van der Waals surface area contributed by atoms with Crippen molar-refractivity contribution < 1.29 is 47.4 Å². The van der Waals surface area contributed by atoms with E-state index in [1.807, 2.05) is 13.8 Å². The smallest absolute Gasteiger partial charge is 0.491 e. The lowest BCUT2D eigenvalue weighted by atomic mass is 10.1. The maximum Gasteiger partial charge on any atom is 0.870 e. The van der Waals surface area contributed by atoms with Crippen molar-refractivity contribution in [3.05, 3.63) is 27.7 Å². The highest BCUT2D eigenvalue weighted by Crippen LogP contribution is 2.17. The topological polar surface area (TPSA) is 154 Å². The summed E-state index contributed by atoms with van der Waals surface area (Å²) >= 11 is 0. The van der Waals surface area contributed by atoms with E-state index in [1.165, 1.54) is 0 Å². The molecule has 13 heteroatoms. The molecule has 0 aromatic carbocycles. The van der Waals surface area contributed by atoms with Gasteiger partial charge in [0.05, 0.1) is 20.8 Å². The Morgan fingerprint density at radius 2 is 1.53 bits per heavy atom. The van der Waals surface area contributed by atoms with Gasteiger partial charge >= 0.3 is 19.3 Å². The fourth-order valence-corrected chi connectivity index (χ4v) is 2.00. The van der Waals surface area contributed by atoms with Crippen molar-refractivity contribution in [3.63, 3.8) is 0 Å². The number of pyridine rings is 1. The molecular weight excluding hydrogens is 405 g/mol. The normalized spacial score (nSPS) is 9.27. The maximum absolute atomic E-state index is 12.5. The van der Waals surface area contributed by atoms with E-state index < -0.39 is 60.2 Å². The number of hydrogen-bond acceptors (Lipinski definition) is 11. The molecule has 30 heavy (non-hydrogen) atoms. The average Bonchev–Trinajstić information content (AvgIpc) is 2.68. The van der Waals surface area contributed by atoms with Gasteiger partial charge < -0.3 is 32.8 Å². The molecule has 0 aliphatic carbocycles. The lowest BCUT2D eigenvalue weighted by Gasteiger charge is -2.16. The van der Waals surface area contributed by atoms with Gasteiger partial charge in [0.1, 0.15) is 11.8 Å². The van der Waals surface area contributed by atoms with Crippen molar-refractivity contribution in [1.82, 2.24) is 4.57 Å². The number of rotatable bonds is 8. The second-order valence-electron chi connectivity index (χ2n) is 4.98. The van der Waals surface area contributed by atoms with Crippen LogP contribution in [0.5, 0.6) is 5.75 Å². The molecule has 0 aliphatic rings. The van der Waals surface area contributed by atoms with Crippen molar-refractivity contribution in [3.8, 4) is 5.75 Å². The van der Waals surface area contributed by atoms with Crippen molar-refractivity contribution >= 4 is 37.5 Å². The molecule has 12 nitrogen and oxygen atoms in total. The molecule has 0 saturated carbocycles. The number of carbonyl (C=O) groups excluding carboxylic acids is 5. The van der Waals surface area contributed by atoms with E-state index >= 15 is 0 Å². The number of nitrogens with zero attached hydrogens (tertiary/aromatic N) is 1. The predicted molar refractivity (Wildman–Crippen MR) is 101 cm³/mol. The monoisotopic (exact) mass is 427 g/mol. The summed E-state index contributed by atoms with van der Waals surface area (Å²) in [5.74, 6) is -4.81. The van der Waals surface area contributed by atoms with Crippen LogP contribution in [0.25, 0.3) is 0 Å². The zero-order chi connectivity index (χ0) is 23.4. The lowest BCUT2D eigenvalue weighted by molar-refractivity contribution is -0.140. The highest BCUT2D eigenvalue weighted by molar-refractivity contribution is 6.44. The van der Waals surface area contributed by atoms with Crippen LogP contribution in [0.3, 0.4) is 0 Å². The first-order chi connectivity index (χ1) is 14.2. The van der Waals surface area contributed by atoms with Gasteiger partial charge in [-0.25, -0.2) is 9.59 Å². The lowest BCUT2D eigenvalue weighted by Crippen LogP contribution is -2.35. The summed E-state index contributed by atoms with van der Waals surface area (Å²) in [5, 5.41) is 0. The molecule has 0 bridgehead atoms. The number of esters is 1. The van der Waals surface area contributed by atoms with Gasteiger partial charge in [-0.3, -0.25) is 14.4 Å². The van der Waals surface area contributed by atoms with E-state index in [2.05, 4.69) is 14.0 Å². The molecule has 0 N–H and O–H groups in total. The van der Waals surface area contributed by atoms with Gasteiger partial charge in [-0.2, -0.15) is 0 Å². The van der Waals surface area contributed by atoms with Gasteiger partial charge in [0.25, 0.3) is 11.9 Å². The molecule has 1 heterocycles. The van der Waals surface area contributed by atoms with Crippen LogP contribution in [0.15, 0.2) is 11.0 Å². The van der Waals surface area contributed by atoms with E-state index in [4.69, 9.17) is 9.39 Å². The third-order valence-corrected chi connectivity index (χ3v) is 3.04. The molecule has 164 valence electrons. The van der Waals surface area contributed by atoms with Crippen LogP contribution in [0.2, 0.25) is 0 Å². The number of carbonyl (C=O) groups is 5. The number of ether oxygens (including phenoxy) is 2. The first-order valence-corrected chi connectivity index (χ1v) is 8.55. The van der Waals surface area contributed by atoms with E-state index in [0.29, 0.717) is 6.29 Å². The highest BCUT2D eigenvalue weighted by Gasteiger charge is 2.36. The van der Waals surface area contributed by atoms with Crippen molar-refractivity contribution in [1.29, 1.82) is 0 Å². The van der Waals surface area contributed by atoms with Gasteiger partial charge in [0.15, 0.2) is 11.4 Å². The van der Waals surface area contributed by atoms with E-state index in [-0.39, 0.29) is 0 Å². The summed E-state index contributed by atoms with van der Waals surface area (Å²) in [4.78, 5) is 69.7. The summed E-state index contributed by atoms with van der Waals surface area (Å²) in [6, 6.07) is 0. The minimum absolute atomic E-state index is 0.395. The molecule has 1 aromatic heterocycles. The van der Waals surface area contributed by atoms with Crippen LogP contribution in [0, 0.1) is 0 Å². The SMILES string of the molecule is CC.COC(=O)c1c(OC)c(=O)c(C(=O)OB(OC(C)=O)OC(C)=O)cn1CC=O. The van der Waals surface area contributed by atoms with Crippen molar-refractivity contribution in [2.24, 2.45) is 0 Å². The van der Waals surface area contributed by atoms with Crippen LogP contribution in [0.4, 0.5) is 0 Å². The predicted octanol–water partition coefficient (Wildman–Crippen LogP) is 0.137. The second-order valence-corrected chi connectivity index (χ2v) is 4.98. The fraction of sp³-hybridized carbons (Fsp3) is 0.412. The van der Waals surface area contributed by atoms with Gasteiger partial charge in [0, 0.05) is 20.0 Å². The zero-order valence-electron chi connectivity index (χ0n) is 17.4. The Bertz CT molecular complexity index is 846.